The Labute approximate surface area is 525 Å². The molecule has 0 aliphatic heterocycles. The average molecular weight is 1200 g/mol. The van der Waals surface area contributed by atoms with Crippen LogP contribution in [0.25, 0.3) is 156 Å². The van der Waals surface area contributed by atoms with Crippen LogP contribution in [0.5, 0.6) is 0 Å². The topological polar surface area (TPSA) is 61.4 Å². The van der Waals surface area contributed by atoms with Crippen LogP contribution < -0.4 is 0 Å². The molecule has 6 heterocycles. The highest BCUT2D eigenvalue weighted by Gasteiger charge is 2.41. The highest BCUT2D eigenvalue weighted by molar-refractivity contribution is 6.14. The summed E-state index contributed by atoms with van der Waals surface area (Å²) >= 11 is 0. The number of rotatable bonds is 11. The number of pyridine rings is 4. The largest absolute Gasteiger partial charge is 0.420 e. The van der Waals surface area contributed by atoms with E-state index < -0.39 is 34.6 Å². The Balaban J connectivity index is 0.976. The van der Waals surface area contributed by atoms with Gasteiger partial charge >= 0.3 is 6.18 Å². The number of benzene rings is 10. The molecular weight excluding hydrogens is 1150 g/mol. The summed E-state index contributed by atoms with van der Waals surface area (Å²) in [6.07, 6.45) is -5.18. The van der Waals surface area contributed by atoms with Gasteiger partial charge in [-0.25, -0.2) is 28.7 Å². The quantitative estimate of drug-likeness (QED) is 0.121. The van der Waals surface area contributed by atoms with Gasteiger partial charge in [-0.1, -0.05) is 176 Å². The fourth-order valence-electron chi connectivity index (χ4n) is 12.9. The number of nitrogens with zero attached hydrogens (tertiary/aromatic N) is 6. The van der Waals surface area contributed by atoms with Crippen molar-refractivity contribution in [2.24, 2.45) is 0 Å². The Kier molecular flexibility index (Phi) is 13.6. The third kappa shape index (κ3) is 9.84. The van der Waals surface area contributed by atoms with Gasteiger partial charge in [-0.2, -0.15) is 13.2 Å². The van der Waals surface area contributed by atoms with Crippen molar-refractivity contribution in [2.45, 2.75) is 6.18 Å². The second-order valence-corrected chi connectivity index (χ2v) is 22.6. The fraction of sp³-hybridized carbons (Fsp3) is 0.0123. The zero-order valence-corrected chi connectivity index (χ0v) is 48.9. The minimum Gasteiger partial charge on any atom is -0.309 e. The van der Waals surface area contributed by atoms with Crippen molar-refractivity contribution < 1.29 is 22.0 Å². The first kappa shape index (κ1) is 55.4. The molecule has 16 rings (SSSR count). The van der Waals surface area contributed by atoms with E-state index in [0.29, 0.717) is 77.5 Å². The van der Waals surface area contributed by atoms with Gasteiger partial charge in [-0.3, -0.25) is 0 Å². The van der Waals surface area contributed by atoms with Crippen molar-refractivity contribution in [1.29, 1.82) is 0 Å². The van der Waals surface area contributed by atoms with Gasteiger partial charge in [0, 0.05) is 71.6 Å². The molecule has 92 heavy (non-hydrogen) atoms. The normalized spacial score (nSPS) is 11.8. The maximum absolute atomic E-state index is 17.6. The molecule has 0 spiro atoms. The van der Waals surface area contributed by atoms with E-state index in [1.807, 2.05) is 255 Å². The van der Waals surface area contributed by atoms with Crippen molar-refractivity contribution >= 4 is 43.6 Å². The molecule has 0 bridgehead atoms. The van der Waals surface area contributed by atoms with E-state index in [1.54, 1.807) is 16.7 Å². The van der Waals surface area contributed by atoms with Gasteiger partial charge in [0.2, 0.25) is 0 Å². The van der Waals surface area contributed by atoms with Gasteiger partial charge in [0.25, 0.3) is 0 Å². The molecule has 6 aromatic heterocycles. The van der Waals surface area contributed by atoms with Gasteiger partial charge < -0.3 is 9.13 Å². The number of halogens is 5. The monoisotopic (exact) mass is 1200 g/mol. The van der Waals surface area contributed by atoms with Crippen LogP contribution in [0.15, 0.2) is 297 Å². The summed E-state index contributed by atoms with van der Waals surface area (Å²) < 4.78 is 89.6. The molecule has 6 nitrogen and oxygen atoms in total. The predicted molar refractivity (Wildman–Crippen MR) is 360 cm³/mol. The predicted octanol–water partition coefficient (Wildman–Crippen LogP) is 21.8. The summed E-state index contributed by atoms with van der Waals surface area (Å²) in [5.74, 6) is -2.06. The first-order chi connectivity index (χ1) is 45.1. The molecule has 0 N–H and O–H groups in total. The van der Waals surface area contributed by atoms with Gasteiger partial charge in [0.05, 0.1) is 84.6 Å². The zero-order chi connectivity index (χ0) is 62.0. The summed E-state index contributed by atoms with van der Waals surface area (Å²) in [7, 11) is 0. The van der Waals surface area contributed by atoms with Crippen LogP contribution in [0.2, 0.25) is 0 Å². The number of hydrogen-bond donors (Lipinski definition) is 0. The Morgan fingerprint density at radius 1 is 0.261 bits per heavy atom. The first-order valence-electron chi connectivity index (χ1n) is 30.1. The third-order valence-electron chi connectivity index (χ3n) is 17.1. The molecule has 0 aliphatic carbocycles. The minimum atomic E-state index is -5.18. The van der Waals surface area contributed by atoms with Crippen LogP contribution >= 0.6 is 0 Å². The zero-order valence-electron chi connectivity index (χ0n) is 48.9. The molecule has 0 amide bonds. The van der Waals surface area contributed by atoms with E-state index >= 15 is 22.0 Å². The van der Waals surface area contributed by atoms with Gasteiger partial charge in [0.1, 0.15) is 17.2 Å². The molecule has 11 heteroatoms. The smallest absolute Gasteiger partial charge is 0.309 e. The van der Waals surface area contributed by atoms with Crippen LogP contribution in [0.4, 0.5) is 22.0 Å². The van der Waals surface area contributed by atoms with Crippen LogP contribution in [-0.4, -0.2) is 29.1 Å². The second-order valence-electron chi connectivity index (χ2n) is 22.6. The SMILES string of the molecule is Fc1cccc(F)c1-c1ccc(-n2c3ccc(-c4cccc(-c5ccccc5)n4)cc3c3cc(-c4cccc(-c5ccccc5)n4)ccc32)c(C(F)(F)F)c1-n1c2ccc(-c3cccc(-c4ccccc4)n3)cc2c2cc(-c3cccc(-c4ccccc4)n3)ccc21. The van der Waals surface area contributed by atoms with Crippen molar-refractivity contribution in [3.05, 3.63) is 314 Å². The number of hydrogen-bond acceptors (Lipinski definition) is 4. The molecule has 0 atom stereocenters. The Bertz CT molecular complexity index is 5230. The van der Waals surface area contributed by atoms with E-state index in [0.717, 1.165) is 68.3 Å². The molecule has 0 unspecified atom stereocenters. The standard InChI is InChI=1S/C81H49F5N6/c82-63-26-13-27-64(83)78(63)58-40-45-77(91-73-41-36-54(69-32-14-28-65(87-69)50-18-5-1-6-19-50)46-59(73)60-47-55(37-42-74(60)91)70-33-15-29-66(88-70)51-20-7-2-8-21-51)79(81(84,85)86)80(58)92-75-43-38-56(71-34-16-30-67(89-71)52-22-9-3-10-23-52)48-61(75)62-49-57(39-44-76(62)92)72-35-17-31-68(90-72)53-24-11-4-12-25-53/h1-49H. The Morgan fingerprint density at radius 3 is 0.848 bits per heavy atom. The number of alkyl halides is 3. The molecule has 0 radical (unpaired) electrons. The molecule has 438 valence electrons. The lowest BCUT2D eigenvalue weighted by atomic mass is 9.96. The molecule has 0 aliphatic rings. The number of fused-ring (bicyclic) bond motifs is 6. The van der Waals surface area contributed by atoms with Crippen LogP contribution in [-0.2, 0) is 6.18 Å². The number of aromatic nitrogens is 6. The second kappa shape index (κ2) is 22.6. The Hall–Kier alpha value is -12.0. The Morgan fingerprint density at radius 2 is 0.543 bits per heavy atom. The van der Waals surface area contributed by atoms with Crippen molar-refractivity contribution in [1.82, 2.24) is 29.1 Å². The first-order valence-corrected chi connectivity index (χ1v) is 30.1. The minimum absolute atomic E-state index is 0.269. The summed E-state index contributed by atoms with van der Waals surface area (Å²) in [6, 6.07) is 90.9. The lowest BCUT2D eigenvalue weighted by Gasteiger charge is -2.24. The van der Waals surface area contributed by atoms with E-state index in [9.17, 15) is 0 Å². The molecule has 10 aromatic carbocycles. The van der Waals surface area contributed by atoms with Gasteiger partial charge in [-0.05, 0) is 121 Å². The van der Waals surface area contributed by atoms with Crippen LogP contribution in [0.1, 0.15) is 5.56 Å². The van der Waals surface area contributed by atoms with E-state index in [2.05, 4.69) is 0 Å². The van der Waals surface area contributed by atoms with E-state index in [1.165, 1.54) is 22.8 Å². The van der Waals surface area contributed by atoms with Gasteiger partial charge in [0.15, 0.2) is 0 Å². The summed E-state index contributed by atoms with van der Waals surface area (Å²) in [4.78, 5) is 20.4. The molecule has 16 aromatic rings. The highest BCUT2D eigenvalue weighted by atomic mass is 19.4. The van der Waals surface area contributed by atoms with Crippen molar-refractivity contribution in [3.8, 4) is 113 Å². The van der Waals surface area contributed by atoms with Crippen molar-refractivity contribution in [3.63, 3.8) is 0 Å². The van der Waals surface area contributed by atoms with Crippen molar-refractivity contribution in [2.75, 3.05) is 0 Å². The molecule has 0 saturated heterocycles. The summed E-state index contributed by atoms with van der Waals surface area (Å²) in [5.41, 5.74) is 10.9. The van der Waals surface area contributed by atoms with E-state index in [4.69, 9.17) is 19.9 Å². The maximum Gasteiger partial charge on any atom is 0.420 e. The van der Waals surface area contributed by atoms with Gasteiger partial charge in [-0.15, -0.1) is 0 Å². The molecular formula is C81H49F5N6. The fourth-order valence-corrected chi connectivity index (χ4v) is 12.9. The van der Waals surface area contributed by atoms with Crippen LogP contribution in [0, 0.1) is 11.6 Å². The summed E-state index contributed by atoms with van der Waals surface area (Å²) in [6.45, 7) is 0. The van der Waals surface area contributed by atoms with E-state index in [-0.39, 0.29) is 11.3 Å². The third-order valence-corrected chi connectivity index (χ3v) is 17.1. The van der Waals surface area contributed by atoms with Crippen LogP contribution in [0.3, 0.4) is 0 Å². The molecule has 0 saturated carbocycles. The highest BCUT2D eigenvalue weighted by Crippen LogP contribution is 2.50. The lowest BCUT2D eigenvalue weighted by Crippen LogP contribution is -2.17. The maximum atomic E-state index is 17.6. The summed E-state index contributed by atoms with van der Waals surface area (Å²) in [5, 5.41) is 2.40. The lowest BCUT2D eigenvalue weighted by molar-refractivity contribution is -0.137. The molecule has 0 fully saturated rings. The average Bonchev–Trinajstić information content (AvgIpc) is 1.49.